The number of carbonyl (C=O) groups is 2. The lowest BCUT2D eigenvalue weighted by Crippen LogP contribution is -2.50. The van der Waals surface area contributed by atoms with Crippen LogP contribution in [-0.4, -0.2) is 41.0 Å². The molecule has 0 aliphatic carbocycles. The Morgan fingerprint density at radius 2 is 1.87 bits per heavy atom. The second-order valence-electron chi connectivity index (χ2n) is 7.88. The Balaban J connectivity index is 1.58. The van der Waals surface area contributed by atoms with E-state index in [1.54, 1.807) is 49.1 Å². The second kappa shape index (κ2) is 7.69. The van der Waals surface area contributed by atoms with Crippen LogP contribution in [0.1, 0.15) is 35.5 Å². The van der Waals surface area contributed by atoms with Crippen LogP contribution in [0.2, 0.25) is 5.02 Å². The first-order valence-electron chi connectivity index (χ1n) is 9.74. The first-order chi connectivity index (χ1) is 14.3. The van der Waals surface area contributed by atoms with Gasteiger partial charge in [0.1, 0.15) is 5.75 Å². The highest BCUT2D eigenvalue weighted by Gasteiger charge is 2.36. The molecule has 2 aromatic carbocycles. The summed E-state index contributed by atoms with van der Waals surface area (Å²) in [5, 5.41) is 1.54. The van der Waals surface area contributed by atoms with Crippen LogP contribution in [0.25, 0.3) is 10.9 Å². The van der Waals surface area contributed by atoms with E-state index in [4.69, 9.17) is 21.1 Å². The van der Waals surface area contributed by atoms with Gasteiger partial charge in [-0.15, -0.1) is 0 Å². The Bertz CT molecular complexity index is 1120. The Hall–Kier alpha value is -2.99. The summed E-state index contributed by atoms with van der Waals surface area (Å²) in [6, 6.07) is 12.4. The van der Waals surface area contributed by atoms with Crippen molar-refractivity contribution in [1.29, 1.82) is 0 Å². The minimum atomic E-state index is -1.03. The lowest BCUT2D eigenvalue weighted by Gasteiger charge is -2.34. The molecule has 1 aromatic heterocycles. The number of hydrogen-bond acceptors (Lipinski definition) is 4. The summed E-state index contributed by atoms with van der Waals surface area (Å²) in [6.07, 6.45) is 0.709. The molecule has 30 heavy (non-hydrogen) atoms. The van der Waals surface area contributed by atoms with E-state index in [1.807, 2.05) is 12.1 Å². The number of rotatable bonds is 4. The Morgan fingerprint density at radius 3 is 2.57 bits per heavy atom. The summed E-state index contributed by atoms with van der Waals surface area (Å²) < 4.78 is 10.8. The van der Waals surface area contributed by atoms with Crippen molar-refractivity contribution in [3.8, 4) is 5.75 Å². The van der Waals surface area contributed by atoms with Crippen LogP contribution < -0.4 is 4.74 Å². The van der Waals surface area contributed by atoms with Gasteiger partial charge >= 0.3 is 5.97 Å². The number of amides is 1. The molecule has 0 atom stereocenters. The number of ether oxygens (including phenoxy) is 2. The number of aromatic nitrogens is 1. The van der Waals surface area contributed by atoms with Gasteiger partial charge in [0.25, 0.3) is 5.91 Å². The zero-order chi connectivity index (χ0) is 21.5. The number of fused-ring (bicyclic) bond motifs is 3. The number of nitrogens with one attached hydrogen (secondary N) is 1. The molecule has 0 saturated heterocycles. The molecule has 1 N–H and O–H groups in total. The van der Waals surface area contributed by atoms with Crippen molar-refractivity contribution >= 4 is 34.4 Å². The molecule has 0 bridgehead atoms. The summed E-state index contributed by atoms with van der Waals surface area (Å²) in [5.41, 5.74) is 2.51. The van der Waals surface area contributed by atoms with Crippen LogP contribution in [0.5, 0.6) is 5.75 Å². The SMILES string of the molecule is COC(=O)c1ccc2[nH]c3c(c2c1)CN(C(=O)C(C)(C)Oc1ccc(Cl)cc1)CC3. The molecule has 7 heteroatoms. The minimum absolute atomic E-state index is 0.0958. The van der Waals surface area contributed by atoms with Gasteiger partial charge in [-0.05, 0) is 56.3 Å². The quantitative estimate of drug-likeness (QED) is 0.629. The number of nitrogens with zero attached hydrogens (tertiary/aromatic N) is 1. The average molecular weight is 427 g/mol. The van der Waals surface area contributed by atoms with Gasteiger partial charge in [0, 0.05) is 46.7 Å². The molecule has 2 heterocycles. The Kier molecular flexibility index (Phi) is 5.20. The second-order valence-corrected chi connectivity index (χ2v) is 8.31. The van der Waals surface area contributed by atoms with Crippen molar-refractivity contribution in [1.82, 2.24) is 9.88 Å². The molecule has 3 aromatic rings. The maximum absolute atomic E-state index is 13.3. The number of H-pyrrole nitrogens is 1. The number of hydrogen-bond donors (Lipinski definition) is 1. The fraction of sp³-hybridized carbons (Fsp3) is 0.304. The highest BCUT2D eigenvalue weighted by molar-refractivity contribution is 6.30. The molecule has 0 fully saturated rings. The van der Waals surface area contributed by atoms with Crippen molar-refractivity contribution in [2.24, 2.45) is 0 Å². The van der Waals surface area contributed by atoms with Gasteiger partial charge in [-0.25, -0.2) is 4.79 Å². The lowest BCUT2D eigenvalue weighted by molar-refractivity contribution is -0.146. The molecule has 0 spiro atoms. The summed E-state index contributed by atoms with van der Waals surface area (Å²) in [7, 11) is 1.36. The van der Waals surface area contributed by atoms with Gasteiger partial charge in [-0.2, -0.15) is 0 Å². The molecule has 0 radical (unpaired) electrons. The average Bonchev–Trinajstić information content (AvgIpc) is 3.11. The van der Waals surface area contributed by atoms with Gasteiger partial charge < -0.3 is 19.4 Å². The molecule has 1 amide bonds. The first-order valence-corrected chi connectivity index (χ1v) is 10.1. The smallest absolute Gasteiger partial charge is 0.337 e. The third kappa shape index (κ3) is 3.75. The number of benzene rings is 2. The van der Waals surface area contributed by atoms with Crippen molar-refractivity contribution in [3.05, 3.63) is 64.3 Å². The van der Waals surface area contributed by atoms with E-state index in [1.165, 1.54) is 7.11 Å². The van der Waals surface area contributed by atoms with E-state index in [-0.39, 0.29) is 11.9 Å². The van der Waals surface area contributed by atoms with E-state index in [2.05, 4.69) is 4.98 Å². The van der Waals surface area contributed by atoms with Gasteiger partial charge in [-0.3, -0.25) is 4.79 Å². The van der Waals surface area contributed by atoms with E-state index < -0.39 is 5.60 Å². The molecule has 6 nitrogen and oxygen atoms in total. The molecule has 156 valence electrons. The highest BCUT2D eigenvalue weighted by Crippen LogP contribution is 2.31. The van der Waals surface area contributed by atoms with Crippen LogP contribution in [0.3, 0.4) is 0 Å². The van der Waals surface area contributed by atoms with E-state index >= 15 is 0 Å². The molecule has 4 rings (SSSR count). The fourth-order valence-electron chi connectivity index (χ4n) is 3.85. The van der Waals surface area contributed by atoms with Crippen LogP contribution in [0.4, 0.5) is 0 Å². The number of aromatic amines is 1. The summed E-state index contributed by atoms with van der Waals surface area (Å²) in [6.45, 7) is 4.58. The van der Waals surface area contributed by atoms with E-state index in [0.29, 0.717) is 35.8 Å². The van der Waals surface area contributed by atoms with Crippen LogP contribution in [0, 0.1) is 0 Å². The Labute approximate surface area is 179 Å². The van der Waals surface area contributed by atoms with Crippen molar-refractivity contribution in [2.75, 3.05) is 13.7 Å². The third-order valence-electron chi connectivity index (χ3n) is 5.39. The maximum atomic E-state index is 13.3. The third-order valence-corrected chi connectivity index (χ3v) is 5.64. The molecule has 0 unspecified atom stereocenters. The summed E-state index contributed by atoms with van der Waals surface area (Å²) in [4.78, 5) is 30.4. The Morgan fingerprint density at radius 1 is 1.13 bits per heavy atom. The van der Waals surface area contributed by atoms with Crippen LogP contribution in [0.15, 0.2) is 42.5 Å². The van der Waals surface area contributed by atoms with Gasteiger partial charge in [0.05, 0.1) is 12.7 Å². The summed E-state index contributed by atoms with van der Waals surface area (Å²) in [5.74, 6) is 0.111. The molecule has 1 aliphatic heterocycles. The zero-order valence-corrected chi connectivity index (χ0v) is 17.9. The van der Waals surface area contributed by atoms with Gasteiger partial charge in [0.2, 0.25) is 0 Å². The van der Waals surface area contributed by atoms with E-state index in [0.717, 1.165) is 22.2 Å². The maximum Gasteiger partial charge on any atom is 0.337 e. The number of methoxy groups -OCH3 is 1. The highest BCUT2D eigenvalue weighted by atomic mass is 35.5. The normalized spacial score (nSPS) is 13.8. The van der Waals surface area contributed by atoms with Crippen molar-refractivity contribution < 1.29 is 19.1 Å². The van der Waals surface area contributed by atoms with Gasteiger partial charge in [-0.1, -0.05) is 11.6 Å². The topological polar surface area (TPSA) is 71.6 Å². The monoisotopic (exact) mass is 426 g/mol. The molecular formula is C23H23ClN2O4. The van der Waals surface area contributed by atoms with Crippen molar-refractivity contribution in [3.63, 3.8) is 0 Å². The lowest BCUT2D eigenvalue weighted by atomic mass is 10.0. The minimum Gasteiger partial charge on any atom is -0.478 e. The number of esters is 1. The molecular weight excluding hydrogens is 404 g/mol. The standard InChI is InChI=1S/C23H23ClN2O4/c1-23(2,30-16-7-5-15(24)6-8-16)22(28)26-11-10-20-18(13-26)17-12-14(21(27)29-3)4-9-19(17)25-20/h4-9,12,25H,10-11,13H2,1-3H3. The molecule has 1 aliphatic rings. The van der Waals surface area contributed by atoms with Gasteiger partial charge in [0.15, 0.2) is 5.60 Å². The number of carbonyl (C=O) groups excluding carboxylic acids is 2. The largest absolute Gasteiger partial charge is 0.478 e. The summed E-state index contributed by atoms with van der Waals surface area (Å²) >= 11 is 5.93. The molecule has 0 saturated carbocycles. The van der Waals surface area contributed by atoms with Crippen LogP contribution in [-0.2, 0) is 22.5 Å². The number of halogens is 1. The predicted octanol–water partition coefficient (Wildman–Crippen LogP) is 4.35. The first kappa shape index (κ1) is 20.3. The predicted molar refractivity (Wildman–Crippen MR) is 115 cm³/mol. The van der Waals surface area contributed by atoms with Crippen LogP contribution >= 0.6 is 11.6 Å². The fourth-order valence-corrected chi connectivity index (χ4v) is 3.98. The zero-order valence-electron chi connectivity index (χ0n) is 17.1. The van der Waals surface area contributed by atoms with E-state index in [9.17, 15) is 9.59 Å². The van der Waals surface area contributed by atoms with Crippen molar-refractivity contribution in [2.45, 2.75) is 32.4 Å².